The molecule has 0 aromatic heterocycles. The van der Waals surface area contributed by atoms with E-state index in [4.69, 9.17) is 0 Å². The summed E-state index contributed by atoms with van der Waals surface area (Å²) < 4.78 is 0. The number of fused-ring (bicyclic) bond motifs is 1. The van der Waals surface area contributed by atoms with Crippen molar-refractivity contribution in [2.75, 3.05) is 0 Å². The lowest BCUT2D eigenvalue weighted by Crippen LogP contribution is -1.94. The Morgan fingerprint density at radius 2 is 1.92 bits per heavy atom. The summed E-state index contributed by atoms with van der Waals surface area (Å²) in [5.41, 5.74) is 1.84. The molecule has 0 saturated carbocycles. The van der Waals surface area contributed by atoms with Crippen molar-refractivity contribution in [1.29, 1.82) is 0 Å². The van der Waals surface area contributed by atoms with Crippen molar-refractivity contribution < 1.29 is 5.11 Å². The van der Waals surface area contributed by atoms with Crippen LogP contribution in [0.4, 0.5) is 0 Å². The van der Waals surface area contributed by atoms with Gasteiger partial charge >= 0.3 is 0 Å². The van der Waals surface area contributed by atoms with E-state index in [0.29, 0.717) is 0 Å². The van der Waals surface area contributed by atoms with Crippen LogP contribution in [0.2, 0.25) is 0 Å². The Balaban J connectivity index is 2.65. The highest BCUT2D eigenvalue weighted by Crippen LogP contribution is 2.23. The molecule has 2 rings (SSSR count). The second kappa shape index (κ2) is 2.86. The number of hydrogen-bond donors (Lipinski definition) is 0. The Morgan fingerprint density at radius 3 is 2.83 bits per heavy atom. The van der Waals surface area contributed by atoms with Gasteiger partial charge in [-0.2, -0.15) is 0 Å². The van der Waals surface area contributed by atoms with Crippen LogP contribution in [0.15, 0.2) is 30.4 Å². The molecule has 0 radical (unpaired) electrons. The van der Waals surface area contributed by atoms with Gasteiger partial charge in [-0.05, 0) is 17.5 Å². The molecular weight excluding hydrogens is 148 g/mol. The molecule has 12 heavy (non-hydrogen) atoms. The average molecular weight is 157 g/mol. The SMILES string of the molecule is [O-]c1cccc2c1C=CCC=C2. The summed E-state index contributed by atoms with van der Waals surface area (Å²) in [6, 6.07) is 5.36. The summed E-state index contributed by atoms with van der Waals surface area (Å²) in [5, 5.41) is 11.3. The Labute approximate surface area is 71.7 Å². The minimum absolute atomic E-state index is 0.107. The lowest BCUT2D eigenvalue weighted by molar-refractivity contribution is -0.268. The van der Waals surface area contributed by atoms with Gasteiger partial charge in [0.1, 0.15) is 0 Å². The Bertz CT molecular complexity index is 348. The molecule has 0 N–H and O–H groups in total. The Kier molecular flexibility index (Phi) is 1.71. The molecule has 0 spiro atoms. The van der Waals surface area contributed by atoms with E-state index in [1.165, 1.54) is 0 Å². The van der Waals surface area contributed by atoms with Crippen LogP contribution in [0, 0.1) is 0 Å². The van der Waals surface area contributed by atoms with Crippen molar-refractivity contribution >= 4 is 12.2 Å². The van der Waals surface area contributed by atoms with Crippen LogP contribution in [0.3, 0.4) is 0 Å². The second-order valence-electron chi connectivity index (χ2n) is 2.80. The van der Waals surface area contributed by atoms with Crippen LogP contribution < -0.4 is 5.11 Å². The zero-order valence-corrected chi connectivity index (χ0v) is 6.66. The van der Waals surface area contributed by atoms with Crippen molar-refractivity contribution in [2.24, 2.45) is 0 Å². The summed E-state index contributed by atoms with van der Waals surface area (Å²) in [4.78, 5) is 0. The van der Waals surface area contributed by atoms with Crippen molar-refractivity contribution in [1.82, 2.24) is 0 Å². The maximum atomic E-state index is 11.3. The molecule has 0 fully saturated rings. The predicted molar refractivity (Wildman–Crippen MR) is 48.6 cm³/mol. The van der Waals surface area contributed by atoms with Gasteiger partial charge in [0.25, 0.3) is 0 Å². The van der Waals surface area contributed by atoms with E-state index in [2.05, 4.69) is 6.08 Å². The molecule has 0 bridgehead atoms. The van der Waals surface area contributed by atoms with Crippen LogP contribution in [0.5, 0.6) is 5.75 Å². The minimum Gasteiger partial charge on any atom is -0.872 e. The lowest BCUT2D eigenvalue weighted by atomic mass is 10.1. The van der Waals surface area contributed by atoms with Gasteiger partial charge < -0.3 is 5.11 Å². The Morgan fingerprint density at radius 1 is 1.08 bits per heavy atom. The average Bonchev–Trinajstić information content (AvgIpc) is 2.30. The number of hydrogen-bond acceptors (Lipinski definition) is 1. The largest absolute Gasteiger partial charge is 0.872 e. The Hall–Kier alpha value is -1.50. The molecule has 1 aromatic carbocycles. The highest BCUT2D eigenvalue weighted by molar-refractivity contribution is 5.71. The lowest BCUT2D eigenvalue weighted by Gasteiger charge is -2.11. The van der Waals surface area contributed by atoms with Crippen molar-refractivity contribution in [3.05, 3.63) is 41.5 Å². The quantitative estimate of drug-likeness (QED) is 0.566. The number of allylic oxidation sites excluding steroid dienone is 2. The van der Waals surface area contributed by atoms with E-state index in [1.807, 2.05) is 24.3 Å². The van der Waals surface area contributed by atoms with Gasteiger partial charge in [-0.15, -0.1) is 5.75 Å². The highest BCUT2D eigenvalue weighted by Gasteiger charge is 1.97. The molecule has 0 heterocycles. The molecule has 0 aliphatic heterocycles. The van der Waals surface area contributed by atoms with E-state index in [9.17, 15) is 5.11 Å². The third-order valence-corrected chi connectivity index (χ3v) is 1.95. The van der Waals surface area contributed by atoms with Crippen LogP contribution in [0.1, 0.15) is 17.5 Å². The first kappa shape index (κ1) is 7.17. The van der Waals surface area contributed by atoms with Gasteiger partial charge in [-0.3, -0.25) is 0 Å². The fraction of sp³-hybridized carbons (Fsp3) is 0.0909. The third-order valence-electron chi connectivity index (χ3n) is 1.95. The fourth-order valence-electron chi connectivity index (χ4n) is 1.34. The van der Waals surface area contributed by atoms with Crippen molar-refractivity contribution in [3.63, 3.8) is 0 Å². The van der Waals surface area contributed by atoms with E-state index in [-0.39, 0.29) is 5.75 Å². The zero-order valence-electron chi connectivity index (χ0n) is 6.66. The number of rotatable bonds is 0. The van der Waals surface area contributed by atoms with E-state index < -0.39 is 0 Å². The van der Waals surface area contributed by atoms with Crippen LogP contribution in [-0.4, -0.2) is 0 Å². The molecule has 0 unspecified atom stereocenters. The summed E-state index contributed by atoms with van der Waals surface area (Å²) >= 11 is 0. The van der Waals surface area contributed by atoms with E-state index >= 15 is 0 Å². The predicted octanol–water partition coefficient (Wildman–Crippen LogP) is 2.19. The minimum atomic E-state index is 0.107. The summed E-state index contributed by atoms with van der Waals surface area (Å²) in [6.45, 7) is 0. The molecule has 1 aliphatic rings. The van der Waals surface area contributed by atoms with Gasteiger partial charge in [0.15, 0.2) is 0 Å². The monoisotopic (exact) mass is 157 g/mol. The van der Waals surface area contributed by atoms with Gasteiger partial charge in [0.05, 0.1) is 0 Å². The second-order valence-corrected chi connectivity index (χ2v) is 2.80. The normalized spacial score (nSPS) is 14.0. The summed E-state index contributed by atoms with van der Waals surface area (Å²) in [5.74, 6) is 0.107. The first-order valence-corrected chi connectivity index (χ1v) is 4.01. The molecular formula is C11H9O-. The molecule has 1 aliphatic carbocycles. The summed E-state index contributed by atoms with van der Waals surface area (Å²) in [6.07, 6.45) is 8.87. The van der Waals surface area contributed by atoms with Gasteiger partial charge in [-0.25, -0.2) is 0 Å². The maximum absolute atomic E-state index is 11.3. The topological polar surface area (TPSA) is 23.1 Å². The molecule has 1 heteroatoms. The van der Waals surface area contributed by atoms with Crippen LogP contribution in [-0.2, 0) is 0 Å². The molecule has 0 atom stereocenters. The third kappa shape index (κ3) is 1.14. The molecule has 0 saturated heterocycles. The van der Waals surface area contributed by atoms with Crippen molar-refractivity contribution in [3.8, 4) is 5.75 Å². The first-order chi connectivity index (χ1) is 5.88. The maximum Gasteiger partial charge on any atom is -0.0162 e. The number of benzene rings is 1. The molecule has 1 aromatic rings. The molecule has 0 amide bonds. The smallest absolute Gasteiger partial charge is 0.0162 e. The fourth-order valence-corrected chi connectivity index (χ4v) is 1.34. The highest BCUT2D eigenvalue weighted by atomic mass is 16.3. The van der Waals surface area contributed by atoms with Gasteiger partial charge in [0.2, 0.25) is 0 Å². The summed E-state index contributed by atoms with van der Waals surface area (Å²) in [7, 11) is 0. The molecule has 60 valence electrons. The van der Waals surface area contributed by atoms with E-state index in [1.54, 1.807) is 12.1 Å². The zero-order chi connectivity index (χ0) is 8.39. The standard InChI is InChI=1S/C11H10O/c12-11-8-4-6-9-5-2-1-3-7-10(9)11/h2-8,12H,1H2/p-1. The van der Waals surface area contributed by atoms with Crippen LogP contribution >= 0.6 is 0 Å². The van der Waals surface area contributed by atoms with E-state index in [0.717, 1.165) is 17.5 Å². The van der Waals surface area contributed by atoms with Crippen LogP contribution in [0.25, 0.3) is 12.2 Å². The molecule has 1 nitrogen and oxygen atoms in total. The van der Waals surface area contributed by atoms with Gasteiger partial charge in [0, 0.05) is 0 Å². The first-order valence-electron chi connectivity index (χ1n) is 4.01. The van der Waals surface area contributed by atoms with Gasteiger partial charge in [-0.1, -0.05) is 42.5 Å². The van der Waals surface area contributed by atoms with Crippen molar-refractivity contribution in [2.45, 2.75) is 6.42 Å².